The van der Waals surface area contributed by atoms with E-state index in [1.54, 1.807) is 12.3 Å². The van der Waals surface area contributed by atoms with E-state index in [1.165, 1.54) is 0 Å². The molecule has 0 unspecified atom stereocenters. The smallest absolute Gasteiger partial charge is 0.235 e. The lowest BCUT2D eigenvalue weighted by Crippen LogP contribution is -2.18. The summed E-state index contributed by atoms with van der Waals surface area (Å²) < 4.78 is 1.83. The molecule has 0 bridgehead atoms. The molecule has 0 aliphatic carbocycles. The number of imidazole rings is 1. The molecule has 4 nitrogen and oxygen atoms in total. The van der Waals surface area contributed by atoms with Gasteiger partial charge >= 0.3 is 0 Å². The van der Waals surface area contributed by atoms with Crippen molar-refractivity contribution >= 4 is 6.08 Å². The molecular formula is C8H11N3O. The predicted molar refractivity (Wildman–Crippen MR) is 44.4 cm³/mol. The lowest BCUT2D eigenvalue weighted by Gasteiger charge is -2.16. The van der Waals surface area contributed by atoms with Crippen LogP contribution in [0.2, 0.25) is 0 Å². The van der Waals surface area contributed by atoms with E-state index in [4.69, 9.17) is 0 Å². The minimum absolute atomic E-state index is 0.583. The van der Waals surface area contributed by atoms with Crippen molar-refractivity contribution in [3.63, 3.8) is 0 Å². The van der Waals surface area contributed by atoms with E-state index in [0.717, 1.165) is 5.82 Å². The predicted octanol–water partition coefficient (Wildman–Crippen LogP) is 0.991. The van der Waals surface area contributed by atoms with Crippen LogP contribution in [0.4, 0.5) is 0 Å². The molecule has 0 fully saturated rings. The highest BCUT2D eigenvalue weighted by Crippen LogP contribution is 2.21. The third kappa shape index (κ3) is 1.43. The Morgan fingerprint density at radius 1 is 1.67 bits per heavy atom. The van der Waals surface area contributed by atoms with E-state index < -0.39 is 5.54 Å². The number of hydrogen-bond acceptors (Lipinski definition) is 3. The third-order valence-corrected chi connectivity index (χ3v) is 1.69. The van der Waals surface area contributed by atoms with Gasteiger partial charge in [0.2, 0.25) is 6.08 Å². The average Bonchev–Trinajstić information content (AvgIpc) is 2.35. The van der Waals surface area contributed by atoms with Crippen molar-refractivity contribution in [2.24, 2.45) is 12.0 Å². The van der Waals surface area contributed by atoms with Crippen molar-refractivity contribution in [3.8, 4) is 0 Å². The fraction of sp³-hybridized carbons (Fsp3) is 0.500. The van der Waals surface area contributed by atoms with Crippen molar-refractivity contribution in [1.29, 1.82) is 0 Å². The van der Waals surface area contributed by atoms with Gasteiger partial charge in [-0.3, -0.25) is 0 Å². The van der Waals surface area contributed by atoms with E-state index in [2.05, 4.69) is 9.98 Å². The second kappa shape index (κ2) is 2.91. The molecule has 4 heteroatoms. The van der Waals surface area contributed by atoms with Gasteiger partial charge in [0, 0.05) is 19.4 Å². The van der Waals surface area contributed by atoms with E-state index in [-0.39, 0.29) is 0 Å². The molecule has 0 saturated heterocycles. The van der Waals surface area contributed by atoms with Gasteiger partial charge in [-0.25, -0.2) is 9.78 Å². The summed E-state index contributed by atoms with van der Waals surface area (Å²) in [7, 11) is 1.87. The summed E-state index contributed by atoms with van der Waals surface area (Å²) in [6, 6.07) is 0. The highest BCUT2D eigenvalue weighted by molar-refractivity contribution is 5.35. The molecule has 1 heterocycles. The topological polar surface area (TPSA) is 47.2 Å². The number of rotatable bonds is 2. The largest absolute Gasteiger partial charge is 0.336 e. The number of aromatic nitrogens is 2. The van der Waals surface area contributed by atoms with Crippen LogP contribution in [0.15, 0.2) is 17.4 Å². The van der Waals surface area contributed by atoms with Crippen LogP contribution in [0.3, 0.4) is 0 Å². The van der Waals surface area contributed by atoms with E-state index in [1.807, 2.05) is 31.7 Å². The molecule has 12 heavy (non-hydrogen) atoms. The van der Waals surface area contributed by atoms with Gasteiger partial charge in [-0.05, 0) is 13.8 Å². The highest BCUT2D eigenvalue weighted by atomic mass is 16.1. The van der Waals surface area contributed by atoms with Gasteiger partial charge in [0.25, 0.3) is 0 Å². The lowest BCUT2D eigenvalue weighted by atomic mass is 10.1. The Kier molecular flexibility index (Phi) is 2.11. The Morgan fingerprint density at radius 3 is 2.75 bits per heavy atom. The number of hydrogen-bond donors (Lipinski definition) is 0. The maximum absolute atomic E-state index is 10.1. The maximum Gasteiger partial charge on any atom is 0.235 e. The first-order chi connectivity index (χ1) is 5.58. The summed E-state index contributed by atoms with van der Waals surface area (Å²) >= 11 is 0. The van der Waals surface area contributed by atoms with Crippen LogP contribution in [0.5, 0.6) is 0 Å². The minimum atomic E-state index is -0.583. The van der Waals surface area contributed by atoms with Crippen LogP contribution in [0.1, 0.15) is 19.7 Å². The van der Waals surface area contributed by atoms with Gasteiger partial charge in [-0.1, -0.05) is 0 Å². The quantitative estimate of drug-likeness (QED) is 0.484. The SMILES string of the molecule is Cn1ccnc1C(C)(C)N=C=O. The van der Waals surface area contributed by atoms with E-state index >= 15 is 0 Å². The summed E-state index contributed by atoms with van der Waals surface area (Å²) in [4.78, 5) is 17.9. The summed E-state index contributed by atoms with van der Waals surface area (Å²) in [5, 5.41) is 0. The van der Waals surface area contributed by atoms with E-state index in [0.29, 0.717) is 0 Å². The van der Waals surface area contributed by atoms with E-state index in [9.17, 15) is 4.79 Å². The van der Waals surface area contributed by atoms with Gasteiger partial charge in [0.15, 0.2) is 0 Å². The standard InChI is InChI=1S/C8H11N3O/c1-8(2,10-6-12)7-9-4-5-11(7)3/h4-5H,1-3H3. The molecule has 0 aromatic carbocycles. The van der Waals surface area contributed by atoms with Gasteiger partial charge in [0.1, 0.15) is 11.4 Å². The molecular weight excluding hydrogens is 154 g/mol. The Morgan fingerprint density at radius 2 is 2.33 bits per heavy atom. The first-order valence-electron chi connectivity index (χ1n) is 3.65. The number of aryl methyl sites for hydroxylation is 1. The van der Waals surface area contributed by atoms with Crippen molar-refractivity contribution in [3.05, 3.63) is 18.2 Å². The summed E-state index contributed by atoms with van der Waals surface area (Å²) in [5.41, 5.74) is -0.583. The molecule has 64 valence electrons. The normalized spacial score (nSPS) is 10.9. The molecule has 1 aromatic heterocycles. The number of nitrogens with zero attached hydrogens (tertiary/aromatic N) is 3. The molecule has 0 amide bonds. The Balaban J connectivity index is 3.12. The molecule has 0 aliphatic heterocycles. The average molecular weight is 165 g/mol. The van der Waals surface area contributed by atoms with Gasteiger partial charge < -0.3 is 4.57 Å². The van der Waals surface area contributed by atoms with Crippen LogP contribution in [-0.2, 0) is 17.4 Å². The van der Waals surface area contributed by atoms with Gasteiger partial charge in [-0.15, -0.1) is 0 Å². The zero-order valence-electron chi connectivity index (χ0n) is 7.40. The number of isocyanates is 1. The summed E-state index contributed by atoms with van der Waals surface area (Å²) in [6.07, 6.45) is 5.04. The van der Waals surface area contributed by atoms with Crippen LogP contribution in [0.25, 0.3) is 0 Å². The monoisotopic (exact) mass is 165 g/mol. The summed E-state index contributed by atoms with van der Waals surface area (Å²) in [5.74, 6) is 0.755. The molecule has 0 spiro atoms. The lowest BCUT2D eigenvalue weighted by molar-refractivity contribution is 0.484. The fourth-order valence-electron chi connectivity index (χ4n) is 1.12. The Labute approximate surface area is 71.0 Å². The van der Waals surface area contributed by atoms with Crippen LogP contribution in [-0.4, -0.2) is 15.6 Å². The van der Waals surface area contributed by atoms with Crippen molar-refractivity contribution in [2.75, 3.05) is 0 Å². The molecule has 0 atom stereocenters. The number of aliphatic imine (C=N–C) groups is 1. The summed E-state index contributed by atoms with van der Waals surface area (Å²) in [6.45, 7) is 3.64. The zero-order valence-corrected chi connectivity index (χ0v) is 7.40. The fourth-order valence-corrected chi connectivity index (χ4v) is 1.12. The van der Waals surface area contributed by atoms with Crippen molar-refractivity contribution in [2.45, 2.75) is 19.4 Å². The second-order valence-electron chi connectivity index (χ2n) is 3.12. The third-order valence-electron chi connectivity index (χ3n) is 1.69. The maximum atomic E-state index is 10.1. The van der Waals surface area contributed by atoms with Crippen LogP contribution >= 0.6 is 0 Å². The Bertz CT molecular complexity index is 321. The molecule has 0 radical (unpaired) electrons. The minimum Gasteiger partial charge on any atom is -0.336 e. The molecule has 0 N–H and O–H groups in total. The van der Waals surface area contributed by atoms with Crippen molar-refractivity contribution < 1.29 is 4.79 Å². The highest BCUT2D eigenvalue weighted by Gasteiger charge is 2.23. The molecule has 1 aromatic rings. The van der Waals surface area contributed by atoms with Crippen LogP contribution in [0, 0.1) is 0 Å². The second-order valence-corrected chi connectivity index (χ2v) is 3.12. The molecule has 0 saturated carbocycles. The van der Waals surface area contributed by atoms with Gasteiger partial charge in [0.05, 0.1) is 0 Å². The number of carbonyl (C=O) groups excluding carboxylic acids is 1. The molecule has 0 aliphatic rings. The zero-order chi connectivity index (χ0) is 9.19. The van der Waals surface area contributed by atoms with Crippen molar-refractivity contribution in [1.82, 2.24) is 9.55 Å². The first-order valence-corrected chi connectivity index (χ1v) is 3.65. The first kappa shape index (κ1) is 8.68. The molecule has 1 rings (SSSR count). The van der Waals surface area contributed by atoms with Gasteiger partial charge in [-0.2, -0.15) is 4.99 Å². The Hall–Kier alpha value is -1.41. The van der Waals surface area contributed by atoms with Crippen LogP contribution < -0.4 is 0 Å².